The molecule has 2 N–H and O–H groups in total. The molecule has 7 heteroatoms. The van der Waals surface area contributed by atoms with Crippen LogP contribution in [0.15, 0.2) is 48.5 Å². The topological polar surface area (TPSA) is 75.7 Å². The fourth-order valence-electron chi connectivity index (χ4n) is 4.74. The number of piperidine rings is 1. The molecule has 2 fully saturated rings. The normalized spacial score (nSPS) is 18.3. The molecular weight excluding hydrogens is 402 g/mol. The van der Waals surface area contributed by atoms with Crippen LogP contribution in [0.5, 0.6) is 0 Å². The summed E-state index contributed by atoms with van der Waals surface area (Å²) in [5.41, 5.74) is 4.58. The third-order valence-electron chi connectivity index (χ3n) is 6.60. The lowest BCUT2D eigenvalue weighted by Gasteiger charge is -2.39. The Kier molecular flexibility index (Phi) is 7.39. The second-order valence-corrected chi connectivity index (χ2v) is 8.79. The number of aromatic nitrogens is 2. The molecule has 0 aliphatic carbocycles. The zero-order valence-corrected chi connectivity index (χ0v) is 18.8. The molecule has 2 aromatic carbocycles. The van der Waals surface area contributed by atoms with Gasteiger partial charge in [0, 0.05) is 44.0 Å². The highest BCUT2D eigenvalue weighted by molar-refractivity contribution is 5.79. The summed E-state index contributed by atoms with van der Waals surface area (Å²) in [6.07, 6.45) is 2.71. The molecule has 2 saturated heterocycles. The van der Waals surface area contributed by atoms with E-state index in [1.165, 1.54) is 51.3 Å². The smallest absolute Gasteiger partial charge is 0.290 e. The number of fused-ring (bicyclic) bond motifs is 1. The molecule has 0 bridgehead atoms. The van der Waals surface area contributed by atoms with Crippen molar-refractivity contribution in [1.29, 1.82) is 0 Å². The lowest BCUT2D eigenvalue weighted by Crippen LogP contribution is -2.48. The Hall–Kier alpha value is -2.90. The number of nitrogens with one attached hydrogen (secondary N) is 1. The first-order valence-corrected chi connectivity index (χ1v) is 11.4. The number of rotatable bonds is 4. The van der Waals surface area contributed by atoms with Gasteiger partial charge in [-0.1, -0.05) is 24.3 Å². The minimum atomic E-state index is -0.250. The third kappa shape index (κ3) is 5.47. The van der Waals surface area contributed by atoms with E-state index in [1.54, 1.807) is 0 Å². The number of likely N-dealkylation sites (tertiary alicyclic amines) is 1. The second-order valence-electron chi connectivity index (χ2n) is 8.79. The first-order chi connectivity index (χ1) is 15.7. The van der Waals surface area contributed by atoms with E-state index in [2.05, 4.69) is 63.1 Å². The Balaban J connectivity index is 0.000000775. The van der Waals surface area contributed by atoms with Crippen molar-refractivity contribution in [3.8, 4) is 11.4 Å². The van der Waals surface area contributed by atoms with Crippen LogP contribution in [0.2, 0.25) is 0 Å². The summed E-state index contributed by atoms with van der Waals surface area (Å²) in [4.78, 5) is 24.2. The summed E-state index contributed by atoms with van der Waals surface area (Å²) in [6.45, 7) is 8.11. The van der Waals surface area contributed by atoms with Gasteiger partial charge in [0.1, 0.15) is 5.82 Å². The number of hydrogen-bond acceptors (Lipinski definition) is 5. The highest BCUT2D eigenvalue weighted by atomic mass is 16.3. The quantitative estimate of drug-likeness (QED) is 0.612. The monoisotopic (exact) mass is 435 g/mol. The maximum atomic E-state index is 8.36. The Labute approximate surface area is 189 Å². The van der Waals surface area contributed by atoms with Gasteiger partial charge in [0.25, 0.3) is 6.47 Å². The molecule has 2 aliphatic rings. The van der Waals surface area contributed by atoms with E-state index in [0.717, 1.165) is 41.4 Å². The van der Waals surface area contributed by atoms with Crippen molar-refractivity contribution < 1.29 is 9.90 Å². The molecule has 0 unspecified atom stereocenters. The third-order valence-corrected chi connectivity index (χ3v) is 6.60. The number of aromatic amines is 1. The molecule has 1 aromatic heterocycles. The Morgan fingerprint density at radius 1 is 1.03 bits per heavy atom. The number of carboxylic acid groups (broad SMARTS) is 1. The number of piperazine rings is 1. The molecule has 32 heavy (non-hydrogen) atoms. The minimum Gasteiger partial charge on any atom is -0.483 e. The van der Waals surface area contributed by atoms with Crippen LogP contribution >= 0.6 is 0 Å². The molecule has 0 radical (unpaired) electrons. The van der Waals surface area contributed by atoms with E-state index in [9.17, 15) is 0 Å². The van der Waals surface area contributed by atoms with E-state index < -0.39 is 0 Å². The zero-order chi connectivity index (χ0) is 22.3. The van der Waals surface area contributed by atoms with Crippen molar-refractivity contribution in [3.05, 3.63) is 48.5 Å². The van der Waals surface area contributed by atoms with Gasteiger partial charge in [-0.2, -0.15) is 0 Å². The van der Waals surface area contributed by atoms with Crippen LogP contribution in [-0.4, -0.2) is 84.2 Å². The molecule has 7 nitrogen and oxygen atoms in total. The lowest BCUT2D eigenvalue weighted by atomic mass is 9.96. The summed E-state index contributed by atoms with van der Waals surface area (Å²) >= 11 is 0. The standard InChI is InChI=1S/C24H31N5.CH2O2/c1-27-11-9-19(10-12-27)18-28-13-15-29(16-14-28)21-6-4-5-20(17-21)24-25-22-7-2-3-8-23(22)26-24;2-1-3/h2-8,17,19H,9-16,18H2,1H3,(H,25,26);1H,(H,2,3). The molecule has 5 rings (SSSR count). The van der Waals surface area contributed by atoms with Gasteiger partial charge < -0.3 is 19.9 Å². The first-order valence-electron chi connectivity index (χ1n) is 11.4. The van der Waals surface area contributed by atoms with Gasteiger partial charge in [-0.05, 0) is 63.2 Å². The van der Waals surface area contributed by atoms with Crippen molar-refractivity contribution >= 4 is 23.2 Å². The van der Waals surface area contributed by atoms with Gasteiger partial charge >= 0.3 is 0 Å². The van der Waals surface area contributed by atoms with Gasteiger partial charge in [-0.15, -0.1) is 0 Å². The maximum absolute atomic E-state index is 8.36. The van der Waals surface area contributed by atoms with Crippen molar-refractivity contribution in [3.63, 3.8) is 0 Å². The van der Waals surface area contributed by atoms with Gasteiger partial charge in [-0.25, -0.2) is 4.98 Å². The van der Waals surface area contributed by atoms with Crippen molar-refractivity contribution in [2.45, 2.75) is 12.8 Å². The van der Waals surface area contributed by atoms with Crippen LogP contribution in [0.1, 0.15) is 12.8 Å². The molecule has 0 amide bonds. The van der Waals surface area contributed by atoms with Crippen LogP contribution < -0.4 is 4.90 Å². The minimum absolute atomic E-state index is 0.250. The maximum Gasteiger partial charge on any atom is 0.290 e. The number of benzene rings is 2. The van der Waals surface area contributed by atoms with Gasteiger partial charge in [-0.3, -0.25) is 9.69 Å². The largest absolute Gasteiger partial charge is 0.483 e. The average Bonchev–Trinajstić information content (AvgIpc) is 3.26. The molecule has 0 saturated carbocycles. The van der Waals surface area contributed by atoms with Crippen molar-refractivity contribution in [2.24, 2.45) is 5.92 Å². The van der Waals surface area contributed by atoms with Crippen LogP contribution in [0, 0.1) is 5.92 Å². The Bertz CT molecular complexity index is 971. The Morgan fingerprint density at radius 2 is 1.75 bits per heavy atom. The van der Waals surface area contributed by atoms with Crippen LogP contribution in [0.4, 0.5) is 5.69 Å². The fourth-order valence-corrected chi connectivity index (χ4v) is 4.74. The van der Waals surface area contributed by atoms with E-state index in [1.807, 2.05) is 12.1 Å². The predicted molar refractivity (Wildman–Crippen MR) is 129 cm³/mol. The highest BCUT2D eigenvalue weighted by Gasteiger charge is 2.23. The number of para-hydroxylation sites is 2. The van der Waals surface area contributed by atoms with E-state index >= 15 is 0 Å². The molecule has 3 heterocycles. The SMILES string of the molecule is CN1CCC(CN2CCN(c3cccc(-c4nc5ccccc5[nH]4)c3)CC2)CC1.O=CO. The molecule has 0 atom stereocenters. The average molecular weight is 436 g/mol. The second kappa shape index (κ2) is 10.6. The van der Waals surface area contributed by atoms with Crippen molar-refractivity contribution in [1.82, 2.24) is 19.8 Å². The van der Waals surface area contributed by atoms with Crippen LogP contribution in [-0.2, 0) is 4.79 Å². The molecule has 0 spiro atoms. The van der Waals surface area contributed by atoms with E-state index in [0.29, 0.717) is 0 Å². The first kappa shape index (κ1) is 22.3. The van der Waals surface area contributed by atoms with E-state index in [4.69, 9.17) is 14.9 Å². The fraction of sp³-hybridized carbons (Fsp3) is 0.440. The number of hydrogen-bond donors (Lipinski definition) is 2. The number of carbonyl (C=O) groups is 1. The number of imidazole rings is 1. The predicted octanol–water partition coefficient (Wildman–Crippen LogP) is 3.39. The summed E-state index contributed by atoms with van der Waals surface area (Å²) in [5, 5.41) is 6.89. The summed E-state index contributed by atoms with van der Waals surface area (Å²) in [6, 6.07) is 17.0. The van der Waals surface area contributed by atoms with E-state index in [-0.39, 0.29) is 6.47 Å². The molecule has 3 aromatic rings. The van der Waals surface area contributed by atoms with Gasteiger partial charge in [0.15, 0.2) is 0 Å². The number of anilines is 1. The van der Waals surface area contributed by atoms with Gasteiger partial charge in [0.2, 0.25) is 0 Å². The molecule has 2 aliphatic heterocycles. The highest BCUT2D eigenvalue weighted by Crippen LogP contribution is 2.26. The van der Waals surface area contributed by atoms with Gasteiger partial charge in [0.05, 0.1) is 11.0 Å². The summed E-state index contributed by atoms with van der Waals surface area (Å²) < 4.78 is 0. The van der Waals surface area contributed by atoms with Crippen molar-refractivity contribution in [2.75, 3.05) is 57.8 Å². The number of nitrogens with zero attached hydrogens (tertiary/aromatic N) is 4. The summed E-state index contributed by atoms with van der Waals surface area (Å²) in [5.74, 6) is 1.84. The summed E-state index contributed by atoms with van der Waals surface area (Å²) in [7, 11) is 2.24. The molecular formula is C25H33N5O2. The Morgan fingerprint density at radius 3 is 2.47 bits per heavy atom. The molecule has 170 valence electrons. The van der Waals surface area contributed by atoms with Crippen LogP contribution in [0.3, 0.4) is 0 Å². The lowest BCUT2D eigenvalue weighted by molar-refractivity contribution is -0.122. The number of H-pyrrole nitrogens is 1. The van der Waals surface area contributed by atoms with Crippen LogP contribution in [0.25, 0.3) is 22.4 Å². The zero-order valence-electron chi connectivity index (χ0n) is 18.8.